The monoisotopic (exact) mass is 292 g/mol. The fourth-order valence-electron chi connectivity index (χ4n) is 2.65. The first-order chi connectivity index (χ1) is 9.88. The van der Waals surface area contributed by atoms with Crippen molar-refractivity contribution in [3.63, 3.8) is 0 Å². The third kappa shape index (κ3) is 3.52. The third-order valence-corrected chi connectivity index (χ3v) is 3.87. The highest BCUT2D eigenvalue weighted by Crippen LogP contribution is 2.25. The summed E-state index contributed by atoms with van der Waals surface area (Å²) in [7, 11) is 0. The minimum Gasteiger partial charge on any atom is -0.480 e. The van der Waals surface area contributed by atoms with E-state index < -0.39 is 18.1 Å². The number of aliphatic hydroxyl groups is 1. The number of hydrogen-bond acceptors (Lipinski definition) is 4. The summed E-state index contributed by atoms with van der Waals surface area (Å²) in [5.74, 6) is -1.35. The molecule has 1 saturated heterocycles. The van der Waals surface area contributed by atoms with Gasteiger partial charge in [0, 0.05) is 25.1 Å². The van der Waals surface area contributed by atoms with Crippen LogP contribution in [0.2, 0.25) is 0 Å². The predicted molar refractivity (Wildman–Crippen MR) is 77.6 cm³/mol. The minimum atomic E-state index is -1.07. The Morgan fingerprint density at radius 2 is 2.00 bits per heavy atom. The van der Waals surface area contributed by atoms with Crippen molar-refractivity contribution in [1.29, 1.82) is 0 Å². The number of nitrogens with two attached hydrogens (primary N) is 1. The second-order valence-corrected chi connectivity index (χ2v) is 5.56. The summed E-state index contributed by atoms with van der Waals surface area (Å²) in [5, 5.41) is 18.7. The first-order valence-electron chi connectivity index (χ1n) is 6.94. The van der Waals surface area contributed by atoms with Gasteiger partial charge in [-0.3, -0.25) is 4.79 Å². The van der Waals surface area contributed by atoms with Crippen molar-refractivity contribution in [1.82, 2.24) is 4.90 Å². The summed E-state index contributed by atoms with van der Waals surface area (Å²) in [6.45, 7) is 2.00. The first-order valence-corrected chi connectivity index (χ1v) is 6.94. The lowest BCUT2D eigenvalue weighted by molar-refractivity contribution is -0.148. The number of nitrogens with zero attached hydrogens (tertiary/aromatic N) is 1. The average Bonchev–Trinajstić information content (AvgIpc) is 2.82. The molecule has 0 spiro atoms. The number of carbonyl (C=O) groups excluding carboxylic acids is 1. The normalized spacial score (nSPS) is 23.0. The SMILES string of the molecule is CC(CC(=O)N1C[C@H](O)C[C@H]1C(=O)O)c1ccc(N)cc1. The number of carboxylic acid groups (broad SMARTS) is 1. The summed E-state index contributed by atoms with van der Waals surface area (Å²) in [4.78, 5) is 24.7. The van der Waals surface area contributed by atoms with Crippen molar-refractivity contribution >= 4 is 17.6 Å². The molecule has 1 amide bonds. The molecule has 1 aromatic carbocycles. The van der Waals surface area contributed by atoms with Crippen LogP contribution in [0.15, 0.2) is 24.3 Å². The molecule has 1 heterocycles. The average molecular weight is 292 g/mol. The Hall–Kier alpha value is -2.08. The zero-order valence-electron chi connectivity index (χ0n) is 11.9. The number of hydrogen-bond donors (Lipinski definition) is 3. The molecule has 4 N–H and O–H groups in total. The molecule has 6 nitrogen and oxygen atoms in total. The van der Waals surface area contributed by atoms with Gasteiger partial charge in [-0.05, 0) is 23.6 Å². The van der Waals surface area contributed by atoms with Gasteiger partial charge in [0.05, 0.1) is 6.10 Å². The number of aliphatic carboxylic acids is 1. The zero-order chi connectivity index (χ0) is 15.6. The van der Waals surface area contributed by atoms with E-state index in [1.165, 1.54) is 4.90 Å². The Morgan fingerprint density at radius 3 is 2.57 bits per heavy atom. The highest BCUT2D eigenvalue weighted by Gasteiger charge is 2.38. The lowest BCUT2D eigenvalue weighted by Gasteiger charge is -2.23. The molecule has 3 atom stereocenters. The second-order valence-electron chi connectivity index (χ2n) is 5.56. The van der Waals surface area contributed by atoms with Crippen LogP contribution in [0.5, 0.6) is 0 Å². The zero-order valence-corrected chi connectivity index (χ0v) is 11.9. The van der Waals surface area contributed by atoms with Gasteiger partial charge in [0.15, 0.2) is 0 Å². The van der Waals surface area contributed by atoms with Gasteiger partial charge >= 0.3 is 5.97 Å². The Kier molecular flexibility index (Phi) is 4.47. The molecule has 21 heavy (non-hydrogen) atoms. The molecule has 1 unspecified atom stereocenters. The van der Waals surface area contributed by atoms with Crippen molar-refractivity contribution in [2.45, 2.75) is 37.8 Å². The van der Waals surface area contributed by atoms with Gasteiger partial charge in [-0.25, -0.2) is 4.79 Å². The van der Waals surface area contributed by atoms with Gasteiger partial charge in [0.1, 0.15) is 6.04 Å². The van der Waals surface area contributed by atoms with Crippen LogP contribution >= 0.6 is 0 Å². The summed E-state index contributed by atoms with van der Waals surface area (Å²) >= 11 is 0. The van der Waals surface area contributed by atoms with E-state index in [1.54, 1.807) is 12.1 Å². The topological polar surface area (TPSA) is 104 Å². The summed E-state index contributed by atoms with van der Waals surface area (Å²) in [5.41, 5.74) is 7.26. The molecule has 114 valence electrons. The largest absolute Gasteiger partial charge is 0.480 e. The van der Waals surface area contributed by atoms with Crippen molar-refractivity contribution in [2.24, 2.45) is 0 Å². The fraction of sp³-hybridized carbons (Fsp3) is 0.467. The second kappa shape index (κ2) is 6.13. The fourth-order valence-corrected chi connectivity index (χ4v) is 2.65. The van der Waals surface area contributed by atoms with Crippen LogP contribution < -0.4 is 5.73 Å². The highest BCUT2D eigenvalue weighted by atomic mass is 16.4. The third-order valence-electron chi connectivity index (χ3n) is 3.87. The van der Waals surface area contributed by atoms with E-state index in [9.17, 15) is 14.7 Å². The van der Waals surface area contributed by atoms with Gasteiger partial charge in [-0.2, -0.15) is 0 Å². The lowest BCUT2D eigenvalue weighted by atomic mass is 9.97. The van der Waals surface area contributed by atoms with E-state index in [4.69, 9.17) is 10.8 Å². The molecular weight excluding hydrogens is 272 g/mol. The molecule has 0 saturated carbocycles. The Labute approximate surface area is 123 Å². The van der Waals surface area contributed by atoms with E-state index >= 15 is 0 Å². The number of benzene rings is 1. The molecular formula is C15H20N2O4. The number of amides is 1. The molecule has 0 aromatic heterocycles. The Morgan fingerprint density at radius 1 is 1.38 bits per heavy atom. The molecule has 6 heteroatoms. The summed E-state index contributed by atoms with van der Waals surface area (Å²) in [6, 6.07) is 6.35. The van der Waals surface area contributed by atoms with Crippen LogP contribution in [0.3, 0.4) is 0 Å². The maximum atomic E-state index is 12.3. The molecule has 1 fully saturated rings. The smallest absolute Gasteiger partial charge is 0.326 e. The molecule has 0 aliphatic carbocycles. The van der Waals surface area contributed by atoms with Crippen molar-refractivity contribution in [2.75, 3.05) is 12.3 Å². The number of anilines is 1. The maximum Gasteiger partial charge on any atom is 0.326 e. The maximum absolute atomic E-state index is 12.3. The number of carboxylic acids is 1. The highest BCUT2D eigenvalue weighted by molar-refractivity contribution is 5.84. The van der Waals surface area contributed by atoms with Crippen LogP contribution in [0, 0.1) is 0 Å². The Balaban J connectivity index is 2.03. The first kappa shape index (κ1) is 15.3. The quantitative estimate of drug-likeness (QED) is 0.712. The van der Waals surface area contributed by atoms with Crippen LogP contribution in [0.4, 0.5) is 5.69 Å². The van der Waals surface area contributed by atoms with Gasteiger partial charge < -0.3 is 20.8 Å². The molecule has 2 rings (SSSR count). The summed E-state index contributed by atoms with van der Waals surface area (Å²) < 4.78 is 0. The number of aliphatic hydroxyl groups excluding tert-OH is 1. The Bertz CT molecular complexity index is 529. The van der Waals surface area contributed by atoms with Crippen LogP contribution in [0.25, 0.3) is 0 Å². The molecule has 1 aromatic rings. The minimum absolute atomic E-state index is 0.0368. The predicted octanol–water partition coefficient (Wildman–Crippen LogP) is 0.809. The molecule has 0 radical (unpaired) electrons. The number of likely N-dealkylation sites (tertiary alicyclic amines) is 1. The lowest BCUT2D eigenvalue weighted by Crippen LogP contribution is -2.41. The van der Waals surface area contributed by atoms with Crippen LogP contribution in [-0.2, 0) is 9.59 Å². The van der Waals surface area contributed by atoms with E-state index in [0.29, 0.717) is 5.69 Å². The number of nitrogen functional groups attached to an aromatic ring is 1. The number of carbonyl (C=O) groups is 2. The molecule has 1 aliphatic rings. The van der Waals surface area contributed by atoms with Crippen molar-refractivity contribution in [3.8, 4) is 0 Å². The van der Waals surface area contributed by atoms with Crippen LogP contribution in [0.1, 0.15) is 31.2 Å². The van der Waals surface area contributed by atoms with E-state index in [0.717, 1.165) is 5.56 Å². The summed E-state index contributed by atoms with van der Waals surface area (Å²) in [6.07, 6.45) is -0.459. The molecule has 0 bridgehead atoms. The van der Waals surface area contributed by atoms with Crippen LogP contribution in [-0.4, -0.2) is 45.7 Å². The number of rotatable bonds is 4. The van der Waals surface area contributed by atoms with E-state index in [-0.39, 0.29) is 31.2 Å². The van der Waals surface area contributed by atoms with Gasteiger partial charge in [-0.1, -0.05) is 19.1 Å². The van der Waals surface area contributed by atoms with E-state index in [1.807, 2.05) is 19.1 Å². The molecule has 1 aliphatic heterocycles. The van der Waals surface area contributed by atoms with Gasteiger partial charge in [0.2, 0.25) is 5.91 Å². The van der Waals surface area contributed by atoms with Crippen molar-refractivity contribution in [3.05, 3.63) is 29.8 Å². The standard InChI is InChI=1S/C15H20N2O4/c1-9(10-2-4-11(16)5-3-10)6-14(19)17-8-12(18)7-13(17)15(20)21/h2-5,9,12-13,18H,6-8,16H2,1H3,(H,20,21)/t9?,12-,13+/m1/s1. The van der Waals surface area contributed by atoms with Gasteiger partial charge in [-0.15, -0.1) is 0 Å². The van der Waals surface area contributed by atoms with Crippen molar-refractivity contribution < 1.29 is 19.8 Å². The van der Waals surface area contributed by atoms with E-state index in [2.05, 4.69) is 0 Å². The van der Waals surface area contributed by atoms with Gasteiger partial charge in [0.25, 0.3) is 0 Å². The number of β-amino-alcohol motifs (C(OH)–C–C–N with tert-alkyl or cyclic N) is 1.